The van der Waals surface area contributed by atoms with Gasteiger partial charge in [-0.05, 0) is 32.7 Å². The van der Waals surface area contributed by atoms with E-state index >= 15 is 0 Å². The van der Waals surface area contributed by atoms with Gasteiger partial charge >= 0.3 is 5.97 Å². The summed E-state index contributed by atoms with van der Waals surface area (Å²) in [6.45, 7) is 2.81. The summed E-state index contributed by atoms with van der Waals surface area (Å²) in [5.41, 5.74) is 0. The molecule has 35 heavy (non-hydrogen) atoms. The minimum atomic E-state index is -1.58. The number of carboxylic acid groups (broad SMARTS) is 1. The largest absolute Gasteiger partial charge is 0.480 e. The summed E-state index contributed by atoms with van der Waals surface area (Å²) in [7, 11) is 1.58. The van der Waals surface area contributed by atoms with Crippen molar-refractivity contribution >= 4 is 11.9 Å². The number of unbranched alkanes of at least 4 members (excludes halogenated alkanes) is 10. The van der Waals surface area contributed by atoms with Gasteiger partial charge in [0.05, 0.1) is 0 Å². The number of carbonyl (C=O) groups is 2. The van der Waals surface area contributed by atoms with Crippen LogP contribution in [0.2, 0.25) is 0 Å². The standard InChI is InChI=1S/C25H48N2O8/c1-3-4-5-6-7-8-9-10-11-14-17-34-25-21(30)19(28)20(29)22(35-25)23(31)27-16-13-12-15-18(26-2)24(32)33/h18-22,25-26,28-30H,3-17H2,1-2H3,(H,27,31)(H,32,33)/t18?,19-,20-,21+,22-,25+/m0/s1. The number of carbonyl (C=O) groups excluding carboxylic acids is 1. The maximum absolute atomic E-state index is 12.5. The van der Waals surface area contributed by atoms with Crippen LogP contribution in [-0.4, -0.2) is 89.2 Å². The molecule has 0 radical (unpaired) electrons. The molecule has 6 atom stereocenters. The van der Waals surface area contributed by atoms with Gasteiger partial charge < -0.3 is 40.5 Å². The Morgan fingerprint density at radius 1 is 0.857 bits per heavy atom. The Kier molecular flexibility index (Phi) is 17.1. The van der Waals surface area contributed by atoms with Crippen molar-refractivity contribution in [2.24, 2.45) is 0 Å². The first-order chi connectivity index (χ1) is 16.8. The number of carboxylic acids is 1. The Hall–Kier alpha value is -1.30. The lowest BCUT2D eigenvalue weighted by Gasteiger charge is -2.39. The number of aliphatic carboxylic acids is 1. The third-order valence-electron chi connectivity index (χ3n) is 6.47. The zero-order chi connectivity index (χ0) is 26.1. The Labute approximate surface area is 209 Å². The topological polar surface area (TPSA) is 158 Å². The molecule has 1 rings (SSSR count). The van der Waals surface area contributed by atoms with E-state index in [1.165, 1.54) is 44.9 Å². The summed E-state index contributed by atoms with van der Waals surface area (Å²) < 4.78 is 11.1. The van der Waals surface area contributed by atoms with E-state index < -0.39 is 48.6 Å². The number of ether oxygens (including phenoxy) is 2. The highest BCUT2D eigenvalue weighted by Crippen LogP contribution is 2.23. The third-order valence-corrected chi connectivity index (χ3v) is 6.47. The molecule has 1 amide bonds. The van der Waals surface area contributed by atoms with Crippen LogP contribution < -0.4 is 10.6 Å². The van der Waals surface area contributed by atoms with Crippen LogP contribution >= 0.6 is 0 Å². The number of amides is 1. The Morgan fingerprint density at radius 3 is 2.03 bits per heavy atom. The molecule has 1 saturated heterocycles. The highest BCUT2D eigenvalue weighted by Gasteiger charge is 2.47. The van der Waals surface area contributed by atoms with Crippen molar-refractivity contribution in [1.82, 2.24) is 10.6 Å². The molecule has 10 nitrogen and oxygen atoms in total. The zero-order valence-electron chi connectivity index (χ0n) is 21.5. The summed E-state index contributed by atoms with van der Waals surface area (Å²) in [6, 6.07) is -0.640. The van der Waals surface area contributed by atoms with Crippen LogP contribution in [-0.2, 0) is 19.1 Å². The van der Waals surface area contributed by atoms with Gasteiger partial charge in [-0.1, -0.05) is 64.7 Å². The third kappa shape index (κ3) is 12.5. The van der Waals surface area contributed by atoms with Gasteiger partial charge in [0.2, 0.25) is 0 Å². The van der Waals surface area contributed by atoms with Crippen LogP contribution in [0.15, 0.2) is 0 Å². The molecule has 0 spiro atoms. The average molecular weight is 505 g/mol. The molecule has 6 N–H and O–H groups in total. The second kappa shape index (κ2) is 18.9. The van der Waals surface area contributed by atoms with Gasteiger partial charge in [-0.3, -0.25) is 9.59 Å². The van der Waals surface area contributed by atoms with Gasteiger partial charge in [0, 0.05) is 13.2 Å². The van der Waals surface area contributed by atoms with Crippen LogP contribution in [0.25, 0.3) is 0 Å². The molecule has 0 aromatic rings. The number of rotatable bonds is 20. The predicted molar refractivity (Wildman–Crippen MR) is 132 cm³/mol. The maximum atomic E-state index is 12.5. The number of nitrogens with one attached hydrogen (secondary N) is 2. The fourth-order valence-electron chi connectivity index (χ4n) is 4.17. The van der Waals surface area contributed by atoms with Crippen molar-refractivity contribution in [3.8, 4) is 0 Å². The predicted octanol–water partition coefficient (Wildman–Crippen LogP) is 1.69. The normalized spacial score (nSPS) is 25.3. The first kappa shape index (κ1) is 31.7. The molecule has 1 fully saturated rings. The fourth-order valence-corrected chi connectivity index (χ4v) is 4.17. The zero-order valence-corrected chi connectivity index (χ0v) is 21.5. The first-order valence-electron chi connectivity index (χ1n) is 13.3. The minimum absolute atomic E-state index is 0.268. The number of hydrogen-bond donors (Lipinski definition) is 6. The Balaban J connectivity index is 2.27. The van der Waals surface area contributed by atoms with Gasteiger partial charge in [0.15, 0.2) is 12.4 Å². The molecule has 1 heterocycles. The summed E-state index contributed by atoms with van der Waals surface area (Å²) in [5.74, 6) is -1.54. The van der Waals surface area contributed by atoms with Crippen LogP contribution in [0, 0.1) is 0 Å². The van der Waals surface area contributed by atoms with Crippen LogP contribution in [0.4, 0.5) is 0 Å². The van der Waals surface area contributed by atoms with Gasteiger partial charge in [0.1, 0.15) is 24.4 Å². The summed E-state index contributed by atoms with van der Waals surface area (Å²) in [4.78, 5) is 23.5. The van der Waals surface area contributed by atoms with Gasteiger partial charge in [-0.2, -0.15) is 0 Å². The maximum Gasteiger partial charge on any atom is 0.320 e. The van der Waals surface area contributed by atoms with Crippen LogP contribution in [0.5, 0.6) is 0 Å². The van der Waals surface area contributed by atoms with Crippen molar-refractivity contribution in [3.63, 3.8) is 0 Å². The molecule has 206 valence electrons. The number of likely N-dealkylation sites (N-methyl/N-ethyl adjacent to an activating group) is 1. The minimum Gasteiger partial charge on any atom is -0.480 e. The molecule has 0 aromatic heterocycles. The van der Waals surface area contributed by atoms with E-state index in [1.54, 1.807) is 7.05 Å². The molecule has 10 heteroatoms. The highest BCUT2D eigenvalue weighted by atomic mass is 16.7. The van der Waals surface area contributed by atoms with E-state index in [9.17, 15) is 24.9 Å². The van der Waals surface area contributed by atoms with E-state index in [-0.39, 0.29) is 6.54 Å². The fraction of sp³-hybridized carbons (Fsp3) is 0.920. The molecular formula is C25H48N2O8. The molecule has 0 aromatic carbocycles. The second-order valence-electron chi connectivity index (χ2n) is 9.42. The van der Waals surface area contributed by atoms with Crippen LogP contribution in [0.1, 0.15) is 90.4 Å². The summed E-state index contributed by atoms with van der Waals surface area (Å²) >= 11 is 0. The van der Waals surface area contributed by atoms with Crippen molar-refractivity contribution in [1.29, 1.82) is 0 Å². The molecular weight excluding hydrogens is 456 g/mol. The monoisotopic (exact) mass is 504 g/mol. The van der Waals surface area contributed by atoms with E-state index in [1.807, 2.05) is 0 Å². The molecule has 1 aliphatic rings. The van der Waals surface area contributed by atoms with E-state index in [0.717, 1.165) is 19.3 Å². The smallest absolute Gasteiger partial charge is 0.320 e. The van der Waals surface area contributed by atoms with E-state index in [0.29, 0.717) is 25.9 Å². The summed E-state index contributed by atoms with van der Waals surface area (Å²) in [6.07, 6.45) is 6.16. The number of aliphatic hydroxyl groups is 3. The van der Waals surface area contributed by atoms with Crippen molar-refractivity contribution < 1.29 is 39.5 Å². The Bertz CT molecular complexity index is 580. The van der Waals surface area contributed by atoms with Crippen molar-refractivity contribution in [2.75, 3.05) is 20.2 Å². The molecule has 1 aliphatic heterocycles. The van der Waals surface area contributed by atoms with Crippen LogP contribution in [0.3, 0.4) is 0 Å². The average Bonchev–Trinajstić information content (AvgIpc) is 2.84. The SMILES string of the molecule is CCCCCCCCCCCCO[C@@H]1O[C@H](C(=O)NCCCCC(NC)C(=O)O)[C@@H](O)[C@H](O)[C@H]1O. The first-order valence-corrected chi connectivity index (χ1v) is 13.3. The molecule has 0 saturated carbocycles. The van der Waals surface area contributed by atoms with Crippen molar-refractivity contribution in [2.45, 2.75) is 127 Å². The lowest BCUT2D eigenvalue weighted by atomic mass is 9.98. The highest BCUT2D eigenvalue weighted by molar-refractivity contribution is 5.81. The van der Waals surface area contributed by atoms with Gasteiger partial charge in [-0.15, -0.1) is 0 Å². The molecule has 0 bridgehead atoms. The van der Waals surface area contributed by atoms with Gasteiger partial charge in [0.25, 0.3) is 5.91 Å². The van der Waals surface area contributed by atoms with Gasteiger partial charge in [-0.25, -0.2) is 0 Å². The second-order valence-corrected chi connectivity index (χ2v) is 9.42. The van der Waals surface area contributed by atoms with Crippen molar-refractivity contribution in [3.05, 3.63) is 0 Å². The lowest BCUT2D eigenvalue weighted by Crippen LogP contribution is -2.62. The molecule has 0 aliphatic carbocycles. The lowest BCUT2D eigenvalue weighted by molar-refractivity contribution is -0.290. The quantitative estimate of drug-likeness (QED) is 0.136. The number of hydrogen-bond acceptors (Lipinski definition) is 8. The summed E-state index contributed by atoms with van der Waals surface area (Å²) in [5, 5.41) is 44.9. The molecule has 1 unspecified atom stereocenters. The van der Waals surface area contributed by atoms with E-state index in [4.69, 9.17) is 14.6 Å². The number of aliphatic hydroxyl groups excluding tert-OH is 3. The van der Waals surface area contributed by atoms with E-state index in [2.05, 4.69) is 17.6 Å². The Morgan fingerprint density at radius 2 is 1.46 bits per heavy atom.